The zero-order chi connectivity index (χ0) is 6.41. The van der Waals surface area contributed by atoms with Crippen molar-refractivity contribution < 1.29 is 0 Å². The summed E-state index contributed by atoms with van der Waals surface area (Å²) < 4.78 is 0. The van der Waals surface area contributed by atoms with Gasteiger partial charge in [0.15, 0.2) is 0 Å². The van der Waals surface area contributed by atoms with E-state index in [1.54, 1.807) is 0 Å². The van der Waals surface area contributed by atoms with E-state index in [0.717, 1.165) is 11.2 Å². The molecule has 0 radical (unpaired) electrons. The summed E-state index contributed by atoms with van der Waals surface area (Å²) in [6, 6.07) is 0. The molecule has 0 rings (SSSR count). The Hall–Kier alpha value is 0.220. The lowest BCUT2D eigenvalue weighted by Gasteiger charge is -1.99. The van der Waals surface area contributed by atoms with Crippen molar-refractivity contribution in [2.75, 3.05) is 5.33 Å². The second-order valence-corrected chi connectivity index (χ2v) is 2.71. The summed E-state index contributed by atoms with van der Waals surface area (Å²) in [5, 5.41) is 1.11. The maximum absolute atomic E-state index is 3.41. The van der Waals surface area contributed by atoms with Crippen LogP contribution in [0.1, 0.15) is 20.3 Å². The van der Waals surface area contributed by atoms with E-state index in [2.05, 4.69) is 41.9 Å². The van der Waals surface area contributed by atoms with Crippen LogP contribution < -0.4 is 0 Å². The summed E-state index contributed by atoms with van der Waals surface area (Å²) in [4.78, 5) is 0. The molecular weight excluding hydrogens is 164 g/mol. The number of hydrogen-bond donors (Lipinski definition) is 0. The first-order chi connectivity index (χ1) is 3.81. The molecule has 1 heteroatoms. The van der Waals surface area contributed by atoms with E-state index in [9.17, 15) is 0 Å². The van der Waals surface area contributed by atoms with Gasteiger partial charge in [0.2, 0.25) is 0 Å². The lowest BCUT2D eigenvalue weighted by molar-refractivity contribution is 0.680. The average Bonchev–Trinajstić information content (AvgIpc) is 1.83. The Morgan fingerprint density at radius 1 is 1.62 bits per heavy atom. The third-order valence-corrected chi connectivity index (χ3v) is 2.14. The first-order valence-corrected chi connectivity index (χ1v) is 4.10. The fourth-order valence-electron chi connectivity index (χ4n) is 0.431. The Kier molecular flexibility index (Phi) is 5.51. The van der Waals surface area contributed by atoms with Crippen LogP contribution in [0.3, 0.4) is 0 Å². The van der Waals surface area contributed by atoms with Gasteiger partial charge in [-0.15, -0.1) is 0 Å². The number of alkyl halides is 1. The zero-order valence-electron chi connectivity index (χ0n) is 5.52. The van der Waals surface area contributed by atoms with Gasteiger partial charge in [0.25, 0.3) is 0 Å². The number of halogens is 1. The van der Waals surface area contributed by atoms with Crippen LogP contribution in [0.15, 0.2) is 12.2 Å². The average molecular weight is 177 g/mol. The monoisotopic (exact) mass is 176 g/mol. The van der Waals surface area contributed by atoms with Crippen molar-refractivity contribution in [3.05, 3.63) is 12.2 Å². The van der Waals surface area contributed by atoms with Gasteiger partial charge in [0.1, 0.15) is 0 Å². The molecule has 0 bridgehead atoms. The first kappa shape index (κ1) is 8.22. The summed E-state index contributed by atoms with van der Waals surface area (Å²) in [5.41, 5.74) is 0. The minimum Gasteiger partial charge on any atom is -0.0925 e. The van der Waals surface area contributed by atoms with Crippen molar-refractivity contribution >= 4 is 15.9 Å². The van der Waals surface area contributed by atoms with E-state index in [0.29, 0.717) is 0 Å². The normalized spacial score (nSPS) is 14.9. The second kappa shape index (κ2) is 5.36. The van der Waals surface area contributed by atoms with Crippen molar-refractivity contribution in [3.63, 3.8) is 0 Å². The summed E-state index contributed by atoms with van der Waals surface area (Å²) in [5.74, 6) is 0.784. The van der Waals surface area contributed by atoms with Crippen LogP contribution in [0.4, 0.5) is 0 Å². The maximum atomic E-state index is 3.41. The number of rotatable bonds is 3. The Labute approximate surface area is 60.1 Å². The number of hydrogen-bond acceptors (Lipinski definition) is 0. The van der Waals surface area contributed by atoms with E-state index < -0.39 is 0 Å². The zero-order valence-corrected chi connectivity index (χ0v) is 7.11. The van der Waals surface area contributed by atoms with Gasteiger partial charge < -0.3 is 0 Å². The van der Waals surface area contributed by atoms with Crippen molar-refractivity contribution in [2.24, 2.45) is 5.92 Å². The maximum Gasteiger partial charge on any atom is 0.00599 e. The van der Waals surface area contributed by atoms with Gasteiger partial charge in [0, 0.05) is 5.33 Å². The molecule has 0 saturated heterocycles. The molecule has 0 saturated carbocycles. The molecule has 8 heavy (non-hydrogen) atoms. The summed E-state index contributed by atoms with van der Waals surface area (Å²) >= 11 is 3.41. The largest absolute Gasteiger partial charge is 0.0925 e. The lowest BCUT2D eigenvalue weighted by atomic mass is 10.1. The second-order valence-electron chi connectivity index (χ2n) is 2.06. The molecule has 48 valence electrons. The van der Waals surface area contributed by atoms with Crippen molar-refractivity contribution in [2.45, 2.75) is 20.3 Å². The van der Waals surface area contributed by atoms with Gasteiger partial charge in [-0.3, -0.25) is 0 Å². The van der Waals surface area contributed by atoms with Crippen LogP contribution >= 0.6 is 15.9 Å². The van der Waals surface area contributed by atoms with Crippen molar-refractivity contribution in [3.8, 4) is 0 Å². The fraction of sp³-hybridized carbons (Fsp3) is 0.714. The third kappa shape index (κ3) is 4.38. The first-order valence-electron chi connectivity index (χ1n) is 2.98. The molecule has 0 aromatic heterocycles. The van der Waals surface area contributed by atoms with Crippen LogP contribution in [0.2, 0.25) is 0 Å². The van der Waals surface area contributed by atoms with Gasteiger partial charge in [-0.05, 0) is 19.3 Å². The SMILES string of the molecule is C/C=C\CC(C)CBr. The summed E-state index contributed by atoms with van der Waals surface area (Å²) in [6.45, 7) is 4.29. The topological polar surface area (TPSA) is 0 Å². The van der Waals surface area contributed by atoms with Crippen molar-refractivity contribution in [1.82, 2.24) is 0 Å². The van der Waals surface area contributed by atoms with E-state index in [1.165, 1.54) is 6.42 Å². The van der Waals surface area contributed by atoms with Gasteiger partial charge in [-0.2, -0.15) is 0 Å². The van der Waals surface area contributed by atoms with Gasteiger partial charge in [0.05, 0.1) is 0 Å². The van der Waals surface area contributed by atoms with Crippen LogP contribution in [-0.4, -0.2) is 5.33 Å². The molecule has 0 aromatic rings. The molecule has 0 heterocycles. The quantitative estimate of drug-likeness (QED) is 0.459. The lowest BCUT2D eigenvalue weighted by Crippen LogP contribution is -1.91. The molecule has 0 amide bonds. The van der Waals surface area contributed by atoms with E-state index in [4.69, 9.17) is 0 Å². The Balaban J connectivity index is 3.10. The molecule has 1 atom stereocenters. The van der Waals surface area contributed by atoms with Crippen LogP contribution in [-0.2, 0) is 0 Å². The van der Waals surface area contributed by atoms with Gasteiger partial charge in [-0.1, -0.05) is 35.0 Å². The molecule has 0 nitrogen and oxygen atoms in total. The Bertz CT molecular complexity index is 66.8. The smallest absolute Gasteiger partial charge is 0.00599 e. The Morgan fingerprint density at radius 2 is 2.25 bits per heavy atom. The van der Waals surface area contributed by atoms with Crippen molar-refractivity contribution in [1.29, 1.82) is 0 Å². The summed E-state index contributed by atoms with van der Waals surface area (Å²) in [7, 11) is 0. The van der Waals surface area contributed by atoms with Crippen LogP contribution in [0.25, 0.3) is 0 Å². The van der Waals surface area contributed by atoms with Crippen LogP contribution in [0.5, 0.6) is 0 Å². The Morgan fingerprint density at radius 3 is 2.62 bits per heavy atom. The highest BCUT2D eigenvalue weighted by atomic mass is 79.9. The van der Waals surface area contributed by atoms with E-state index >= 15 is 0 Å². The minimum atomic E-state index is 0.784. The van der Waals surface area contributed by atoms with Gasteiger partial charge >= 0.3 is 0 Å². The molecule has 0 fully saturated rings. The molecule has 1 unspecified atom stereocenters. The molecule has 0 aromatic carbocycles. The minimum absolute atomic E-state index is 0.784. The molecule has 0 spiro atoms. The van der Waals surface area contributed by atoms with Gasteiger partial charge in [-0.25, -0.2) is 0 Å². The van der Waals surface area contributed by atoms with E-state index in [-0.39, 0.29) is 0 Å². The highest BCUT2D eigenvalue weighted by Crippen LogP contribution is 2.05. The molecule has 0 aliphatic rings. The number of allylic oxidation sites excluding steroid dienone is 2. The predicted octanol–water partition coefficient (Wildman–Crippen LogP) is 2.98. The summed E-state index contributed by atoms with van der Waals surface area (Å²) in [6.07, 6.45) is 5.49. The van der Waals surface area contributed by atoms with Crippen LogP contribution in [0, 0.1) is 5.92 Å². The van der Waals surface area contributed by atoms with E-state index in [1.807, 2.05) is 0 Å². The third-order valence-electron chi connectivity index (χ3n) is 1.04. The highest BCUT2D eigenvalue weighted by molar-refractivity contribution is 9.09. The molecule has 0 aliphatic heterocycles. The highest BCUT2D eigenvalue weighted by Gasteiger charge is 1.92. The molecular formula is C7H13Br. The molecule has 0 N–H and O–H groups in total. The standard InChI is InChI=1S/C7H13Br/c1-3-4-5-7(2)6-8/h3-4,7H,5-6H2,1-2H3/b4-3-. The molecule has 0 aliphatic carbocycles. The fourth-order valence-corrected chi connectivity index (χ4v) is 0.696. The predicted molar refractivity (Wildman–Crippen MR) is 42.4 cm³/mol.